The Morgan fingerprint density at radius 2 is 1.92 bits per heavy atom. The number of thiocarbonyl (C=S) groups is 1. The van der Waals surface area contributed by atoms with Crippen LogP contribution in [0.5, 0.6) is 0 Å². The second kappa shape index (κ2) is 7.41. The molecule has 4 N–H and O–H groups in total. The van der Waals surface area contributed by atoms with Crippen molar-refractivity contribution in [1.82, 2.24) is 5.32 Å². The number of rotatable bonds is 3. The molecule has 25 heavy (non-hydrogen) atoms. The first-order valence-electron chi connectivity index (χ1n) is 8.59. The van der Waals surface area contributed by atoms with Crippen LogP contribution in [-0.2, 0) is 9.59 Å². The summed E-state index contributed by atoms with van der Waals surface area (Å²) in [7, 11) is 0. The number of quaternary nitrogens is 1. The van der Waals surface area contributed by atoms with Crippen molar-refractivity contribution in [2.45, 2.75) is 44.7 Å². The smallest absolute Gasteiger partial charge is 0.251 e. The molecule has 2 amide bonds. The van der Waals surface area contributed by atoms with Crippen molar-refractivity contribution in [1.29, 1.82) is 0 Å². The molecule has 1 saturated carbocycles. The third-order valence-electron chi connectivity index (χ3n) is 4.79. The maximum Gasteiger partial charge on any atom is 0.251 e. The van der Waals surface area contributed by atoms with Crippen LogP contribution in [0.25, 0.3) is 0 Å². The van der Waals surface area contributed by atoms with Crippen LogP contribution in [0.3, 0.4) is 0 Å². The van der Waals surface area contributed by atoms with Crippen molar-refractivity contribution in [3.05, 3.63) is 29.8 Å². The molecule has 0 unspecified atom stereocenters. The Bertz CT molecular complexity index is 716. The summed E-state index contributed by atoms with van der Waals surface area (Å²) in [6.45, 7) is 1.97. The summed E-state index contributed by atoms with van der Waals surface area (Å²) in [5, 5.41) is 2.72. The number of carbonyl (C=O) groups is 2. The van der Waals surface area contributed by atoms with E-state index in [1.54, 1.807) is 0 Å². The van der Waals surface area contributed by atoms with Crippen molar-refractivity contribution in [3.8, 4) is 0 Å². The lowest BCUT2D eigenvalue weighted by molar-refractivity contribution is -0.428. The number of amides is 2. The molecule has 2 fully saturated rings. The Balaban J connectivity index is 1.81. The van der Waals surface area contributed by atoms with Crippen molar-refractivity contribution < 1.29 is 15.3 Å². The Hall–Kier alpha value is -2.12. The average molecular weight is 359 g/mol. The van der Waals surface area contributed by atoms with Gasteiger partial charge in [0.15, 0.2) is 11.0 Å². The molecule has 3 rings (SSSR count). The summed E-state index contributed by atoms with van der Waals surface area (Å²) >= 11 is 5.20. The number of hydrogen-bond acceptors (Lipinski definition) is 4. The van der Waals surface area contributed by atoms with Gasteiger partial charge in [-0.05, 0) is 44.1 Å². The average Bonchev–Trinajstić information content (AvgIpc) is 2.57. The zero-order valence-electron chi connectivity index (χ0n) is 14.3. The molecule has 1 aliphatic heterocycles. The topological polar surface area (TPSA) is 89.4 Å². The van der Waals surface area contributed by atoms with Gasteiger partial charge >= 0.3 is 0 Å². The van der Waals surface area contributed by atoms with E-state index in [-0.39, 0.29) is 23.1 Å². The van der Waals surface area contributed by atoms with Crippen LogP contribution in [0.4, 0.5) is 5.69 Å². The number of benzene rings is 1. The van der Waals surface area contributed by atoms with E-state index >= 15 is 0 Å². The van der Waals surface area contributed by atoms with Crippen molar-refractivity contribution in [2.75, 3.05) is 4.90 Å². The molecule has 1 aromatic rings. The first kappa shape index (κ1) is 17.7. The highest BCUT2D eigenvalue weighted by Crippen LogP contribution is 2.22. The summed E-state index contributed by atoms with van der Waals surface area (Å²) in [5.74, 6) is -1.74. The minimum atomic E-state index is -0.956. The second-order valence-electron chi connectivity index (χ2n) is 6.69. The molecule has 0 aromatic heterocycles. The summed E-state index contributed by atoms with van der Waals surface area (Å²) in [4.78, 5) is 31.0. The lowest BCUT2D eigenvalue weighted by Crippen LogP contribution is -2.66. The van der Waals surface area contributed by atoms with E-state index in [1.165, 1.54) is 17.5 Å². The highest BCUT2D eigenvalue weighted by Gasteiger charge is 2.38. The van der Waals surface area contributed by atoms with Crippen molar-refractivity contribution >= 4 is 41.0 Å². The Morgan fingerprint density at radius 3 is 2.60 bits per heavy atom. The molecule has 1 aromatic carbocycles. The Morgan fingerprint density at radius 1 is 1.24 bits per heavy atom. The molecule has 1 saturated heterocycles. The Labute approximate surface area is 152 Å². The zero-order valence-corrected chi connectivity index (χ0v) is 15.1. The standard InChI is InChI=1S/C18H22N4O2S/c1-11-6-8-12(9-7-11)22-17(24)13(16(23)21-18(22)25)10-20-15-5-3-2-4-14(15)19/h6-10,13-15H,2-5,19H2,1H3,(H,21,23,25)/p+1/t13-,14+,15+/m1/s1. The first-order valence-corrected chi connectivity index (χ1v) is 9.00. The molecule has 0 bridgehead atoms. The summed E-state index contributed by atoms with van der Waals surface area (Å²) in [6, 6.07) is 7.76. The summed E-state index contributed by atoms with van der Waals surface area (Å²) < 4.78 is 0. The zero-order chi connectivity index (χ0) is 18.0. The monoisotopic (exact) mass is 359 g/mol. The van der Waals surface area contributed by atoms with Crippen LogP contribution in [0.15, 0.2) is 29.3 Å². The molecule has 6 nitrogen and oxygen atoms in total. The predicted octanol–water partition coefficient (Wildman–Crippen LogP) is 0.983. The number of aliphatic imine (C=N–C) groups is 1. The number of aryl methyl sites for hydroxylation is 1. The molecule has 1 aliphatic carbocycles. The van der Waals surface area contributed by atoms with Crippen LogP contribution in [0, 0.1) is 12.8 Å². The number of nitrogens with zero attached hydrogens (tertiary/aromatic N) is 2. The lowest BCUT2D eigenvalue weighted by atomic mass is 9.91. The van der Waals surface area contributed by atoms with E-state index in [4.69, 9.17) is 12.2 Å². The summed E-state index contributed by atoms with van der Waals surface area (Å²) in [5.41, 5.74) is 5.86. The fraction of sp³-hybridized carbons (Fsp3) is 0.444. The van der Waals surface area contributed by atoms with Crippen molar-refractivity contribution in [3.63, 3.8) is 0 Å². The number of nitrogens with one attached hydrogen (secondary N) is 1. The summed E-state index contributed by atoms with van der Waals surface area (Å²) in [6.07, 6.45) is 5.74. The maximum absolute atomic E-state index is 12.9. The third kappa shape index (κ3) is 3.77. The van der Waals surface area contributed by atoms with Crippen LogP contribution >= 0.6 is 12.2 Å². The predicted molar refractivity (Wildman–Crippen MR) is 100 cm³/mol. The van der Waals surface area contributed by atoms with Gasteiger partial charge < -0.3 is 11.1 Å². The largest absolute Gasteiger partial charge is 0.353 e. The van der Waals surface area contributed by atoms with Gasteiger partial charge in [0.05, 0.1) is 5.69 Å². The molecular formula is C18H23N4O2S+. The van der Waals surface area contributed by atoms with Crippen molar-refractivity contribution in [2.24, 2.45) is 10.9 Å². The quantitative estimate of drug-likeness (QED) is 0.479. The van der Waals surface area contributed by atoms with Crippen LogP contribution in [-0.4, -0.2) is 35.2 Å². The van der Waals surface area contributed by atoms with E-state index in [2.05, 4.69) is 16.0 Å². The van der Waals surface area contributed by atoms with Gasteiger partial charge in [-0.25, -0.2) is 0 Å². The normalized spacial score (nSPS) is 27.7. The Kier molecular flexibility index (Phi) is 5.24. The molecule has 132 valence electrons. The van der Waals surface area contributed by atoms with Gasteiger partial charge in [0.25, 0.3) is 5.91 Å². The van der Waals surface area contributed by atoms with Gasteiger partial charge in [-0.2, -0.15) is 0 Å². The highest BCUT2D eigenvalue weighted by atomic mass is 32.1. The van der Waals surface area contributed by atoms with Crippen LogP contribution < -0.4 is 16.0 Å². The molecule has 1 heterocycles. The van der Waals surface area contributed by atoms with Gasteiger partial charge in [0.2, 0.25) is 5.91 Å². The van der Waals surface area contributed by atoms with Gasteiger partial charge in [-0.3, -0.25) is 19.5 Å². The van der Waals surface area contributed by atoms with Crippen LogP contribution in [0.1, 0.15) is 31.2 Å². The fourth-order valence-corrected chi connectivity index (χ4v) is 3.54. The lowest BCUT2D eigenvalue weighted by Gasteiger charge is -2.31. The van der Waals surface area contributed by atoms with E-state index < -0.39 is 11.8 Å². The highest BCUT2D eigenvalue weighted by molar-refractivity contribution is 7.80. The molecular weight excluding hydrogens is 336 g/mol. The van der Waals surface area contributed by atoms with Gasteiger partial charge in [-0.15, -0.1) is 0 Å². The molecule has 0 radical (unpaired) electrons. The molecule has 2 aliphatic rings. The number of carbonyl (C=O) groups excluding carboxylic acids is 2. The van der Waals surface area contributed by atoms with E-state index in [0.717, 1.165) is 24.8 Å². The van der Waals surface area contributed by atoms with Gasteiger partial charge in [0.1, 0.15) is 12.1 Å². The third-order valence-corrected chi connectivity index (χ3v) is 5.07. The molecule has 3 atom stereocenters. The first-order chi connectivity index (χ1) is 12.0. The SMILES string of the molecule is Cc1ccc(N2C(=O)[C@H](C=N[C@H]3CCCC[C@@H]3[NH3+])C(=O)NC2=S)cc1. The second-order valence-corrected chi connectivity index (χ2v) is 7.08. The maximum atomic E-state index is 12.9. The van der Waals surface area contributed by atoms with Gasteiger partial charge in [0, 0.05) is 12.6 Å². The van der Waals surface area contributed by atoms with Crippen LogP contribution in [0.2, 0.25) is 0 Å². The number of hydrogen-bond donors (Lipinski definition) is 2. The van der Waals surface area contributed by atoms with E-state index in [9.17, 15) is 9.59 Å². The van der Waals surface area contributed by atoms with Gasteiger partial charge in [-0.1, -0.05) is 24.1 Å². The number of anilines is 1. The molecule has 0 spiro atoms. The minimum Gasteiger partial charge on any atom is -0.353 e. The van der Waals surface area contributed by atoms with E-state index in [0.29, 0.717) is 5.69 Å². The van der Waals surface area contributed by atoms with E-state index in [1.807, 2.05) is 31.2 Å². The minimum absolute atomic E-state index is 0.0797. The molecule has 7 heteroatoms. The fourth-order valence-electron chi connectivity index (χ4n) is 3.24.